The standard InChI is InChI=1S/C11H18N2O3S/c1-11(12-2,6-5-9(14)15)7-8(17)10(16)13(3)4/h8,17H,5-7H2,1,3-4H3,(H,14,15). The van der Waals surface area contributed by atoms with Crippen molar-refractivity contribution >= 4 is 24.5 Å². The summed E-state index contributed by atoms with van der Waals surface area (Å²) in [6.45, 7) is 8.78. The van der Waals surface area contributed by atoms with E-state index in [-0.39, 0.29) is 25.2 Å². The summed E-state index contributed by atoms with van der Waals surface area (Å²) in [5.74, 6) is -1.10. The Morgan fingerprint density at radius 3 is 2.41 bits per heavy atom. The topological polar surface area (TPSA) is 62.0 Å². The van der Waals surface area contributed by atoms with Crippen LogP contribution in [0.2, 0.25) is 0 Å². The highest BCUT2D eigenvalue weighted by Gasteiger charge is 2.36. The SMILES string of the molecule is [C-]#[N+]C(C)(CCC(=O)O)CC(S)C(=O)N(C)C. The summed E-state index contributed by atoms with van der Waals surface area (Å²) in [5.41, 5.74) is -0.851. The quantitative estimate of drug-likeness (QED) is 0.558. The molecule has 0 aliphatic heterocycles. The third kappa shape index (κ3) is 5.59. The van der Waals surface area contributed by atoms with E-state index in [0.29, 0.717) is 0 Å². The zero-order valence-electron chi connectivity index (χ0n) is 10.3. The van der Waals surface area contributed by atoms with Gasteiger partial charge in [-0.05, 0) is 0 Å². The Morgan fingerprint density at radius 2 is 2.06 bits per heavy atom. The van der Waals surface area contributed by atoms with Crippen LogP contribution in [0.25, 0.3) is 4.85 Å². The highest BCUT2D eigenvalue weighted by molar-refractivity contribution is 7.81. The Labute approximate surface area is 107 Å². The number of hydrogen-bond acceptors (Lipinski definition) is 3. The summed E-state index contributed by atoms with van der Waals surface area (Å²) in [4.78, 5) is 27.0. The van der Waals surface area contributed by atoms with Crippen LogP contribution in [-0.2, 0) is 9.59 Å². The summed E-state index contributed by atoms with van der Waals surface area (Å²) in [5, 5.41) is 8.04. The molecule has 0 heterocycles. The maximum absolute atomic E-state index is 11.6. The average Bonchev–Trinajstić information content (AvgIpc) is 2.25. The molecule has 0 aliphatic carbocycles. The van der Waals surface area contributed by atoms with Crippen LogP contribution >= 0.6 is 12.6 Å². The van der Waals surface area contributed by atoms with Crippen molar-refractivity contribution in [2.75, 3.05) is 14.1 Å². The van der Waals surface area contributed by atoms with Crippen molar-refractivity contribution in [3.05, 3.63) is 11.4 Å². The van der Waals surface area contributed by atoms with Gasteiger partial charge < -0.3 is 14.9 Å². The molecule has 0 aliphatic rings. The summed E-state index contributed by atoms with van der Waals surface area (Å²) in [6, 6.07) is 0. The van der Waals surface area contributed by atoms with Crippen molar-refractivity contribution in [2.24, 2.45) is 0 Å². The molecule has 0 spiro atoms. The van der Waals surface area contributed by atoms with Crippen LogP contribution in [0, 0.1) is 6.57 Å². The Kier molecular flexibility index (Phi) is 6.03. The summed E-state index contributed by atoms with van der Waals surface area (Å²) in [7, 11) is 3.25. The molecule has 0 fully saturated rings. The van der Waals surface area contributed by atoms with Gasteiger partial charge in [0.2, 0.25) is 11.4 Å². The molecule has 96 valence electrons. The second-order valence-electron chi connectivity index (χ2n) is 4.46. The first-order valence-corrected chi connectivity index (χ1v) is 5.73. The molecule has 0 saturated heterocycles. The largest absolute Gasteiger partial charge is 0.481 e. The van der Waals surface area contributed by atoms with Crippen LogP contribution in [0.3, 0.4) is 0 Å². The van der Waals surface area contributed by atoms with E-state index in [9.17, 15) is 9.59 Å². The lowest BCUT2D eigenvalue weighted by Gasteiger charge is -2.22. The fourth-order valence-corrected chi connectivity index (χ4v) is 2.01. The van der Waals surface area contributed by atoms with Crippen molar-refractivity contribution in [3.8, 4) is 0 Å². The van der Waals surface area contributed by atoms with Crippen molar-refractivity contribution < 1.29 is 14.7 Å². The molecule has 0 bridgehead atoms. The molecule has 2 atom stereocenters. The minimum absolute atomic E-state index is 0.0739. The Bertz CT molecular complexity index is 338. The molecule has 0 aromatic heterocycles. The summed E-state index contributed by atoms with van der Waals surface area (Å²) < 4.78 is 0. The highest BCUT2D eigenvalue weighted by Crippen LogP contribution is 2.26. The van der Waals surface area contributed by atoms with Gasteiger partial charge in [-0.15, -0.1) is 0 Å². The number of thiol groups is 1. The van der Waals surface area contributed by atoms with Gasteiger partial charge in [0.05, 0.1) is 11.7 Å². The number of carboxylic acid groups (broad SMARTS) is 1. The lowest BCUT2D eigenvalue weighted by molar-refractivity contribution is -0.137. The van der Waals surface area contributed by atoms with Crippen LogP contribution in [0.5, 0.6) is 0 Å². The molecule has 0 rings (SSSR count). The van der Waals surface area contributed by atoms with E-state index in [0.717, 1.165) is 0 Å². The fraction of sp³-hybridized carbons (Fsp3) is 0.727. The van der Waals surface area contributed by atoms with Crippen LogP contribution in [0.4, 0.5) is 0 Å². The molecule has 0 aromatic rings. The van der Waals surface area contributed by atoms with E-state index in [1.807, 2.05) is 0 Å². The number of carbonyl (C=O) groups excluding carboxylic acids is 1. The summed E-state index contributed by atoms with van der Waals surface area (Å²) in [6.07, 6.45) is 0.406. The lowest BCUT2D eigenvalue weighted by atomic mass is 9.90. The van der Waals surface area contributed by atoms with Gasteiger partial charge in [0, 0.05) is 33.9 Å². The normalized spacial score (nSPS) is 15.5. The van der Waals surface area contributed by atoms with Crippen LogP contribution < -0.4 is 0 Å². The van der Waals surface area contributed by atoms with E-state index in [1.165, 1.54) is 4.90 Å². The molecular weight excluding hydrogens is 240 g/mol. The first kappa shape index (κ1) is 15.8. The molecule has 0 saturated carbocycles. The molecule has 1 amide bonds. The van der Waals surface area contributed by atoms with Crippen LogP contribution in [-0.4, -0.2) is 46.8 Å². The monoisotopic (exact) mass is 258 g/mol. The molecule has 5 nitrogen and oxygen atoms in total. The third-order valence-electron chi connectivity index (χ3n) is 2.51. The molecule has 6 heteroatoms. The van der Waals surface area contributed by atoms with Crippen LogP contribution in [0.1, 0.15) is 26.2 Å². The molecule has 17 heavy (non-hydrogen) atoms. The first-order chi connectivity index (χ1) is 7.72. The smallest absolute Gasteiger partial charge is 0.303 e. The van der Waals surface area contributed by atoms with Crippen molar-refractivity contribution in [2.45, 2.75) is 37.0 Å². The van der Waals surface area contributed by atoms with Gasteiger partial charge in [-0.25, -0.2) is 6.57 Å². The number of amides is 1. The minimum Gasteiger partial charge on any atom is -0.481 e. The zero-order chi connectivity index (χ0) is 13.6. The van der Waals surface area contributed by atoms with Gasteiger partial charge >= 0.3 is 5.97 Å². The number of rotatable bonds is 6. The number of hydrogen-bond donors (Lipinski definition) is 2. The maximum atomic E-state index is 11.6. The van der Waals surface area contributed by atoms with Gasteiger partial charge in [-0.2, -0.15) is 12.6 Å². The lowest BCUT2D eigenvalue weighted by Crippen LogP contribution is -2.36. The Balaban J connectivity index is 4.53. The van der Waals surface area contributed by atoms with Gasteiger partial charge in [0.1, 0.15) is 0 Å². The molecular formula is C11H18N2O3S. The predicted molar refractivity (Wildman–Crippen MR) is 68.0 cm³/mol. The van der Waals surface area contributed by atoms with Gasteiger partial charge in [-0.1, -0.05) is 0 Å². The highest BCUT2D eigenvalue weighted by atomic mass is 32.1. The van der Waals surface area contributed by atoms with Gasteiger partial charge in [0.25, 0.3) is 0 Å². The summed E-state index contributed by atoms with van der Waals surface area (Å²) >= 11 is 4.17. The number of nitrogens with zero attached hydrogens (tertiary/aromatic N) is 2. The number of aliphatic carboxylic acids is 1. The predicted octanol–water partition coefficient (Wildman–Crippen LogP) is 1.31. The van der Waals surface area contributed by atoms with E-state index in [1.54, 1.807) is 21.0 Å². The zero-order valence-corrected chi connectivity index (χ0v) is 11.2. The first-order valence-electron chi connectivity index (χ1n) is 5.21. The van der Waals surface area contributed by atoms with Crippen molar-refractivity contribution in [1.29, 1.82) is 0 Å². The van der Waals surface area contributed by atoms with Gasteiger partial charge in [-0.3, -0.25) is 9.59 Å². The number of carboxylic acids is 1. The second kappa shape index (κ2) is 6.50. The molecule has 2 unspecified atom stereocenters. The average molecular weight is 258 g/mol. The molecule has 1 N–H and O–H groups in total. The number of carbonyl (C=O) groups is 2. The molecule has 0 radical (unpaired) electrons. The maximum Gasteiger partial charge on any atom is 0.303 e. The van der Waals surface area contributed by atoms with Crippen molar-refractivity contribution in [3.63, 3.8) is 0 Å². The van der Waals surface area contributed by atoms with E-state index in [2.05, 4.69) is 17.5 Å². The van der Waals surface area contributed by atoms with E-state index < -0.39 is 16.8 Å². The Hall–Kier alpha value is -1.22. The van der Waals surface area contributed by atoms with Crippen molar-refractivity contribution in [1.82, 2.24) is 4.90 Å². The minimum atomic E-state index is -0.936. The van der Waals surface area contributed by atoms with Gasteiger partial charge in [0.15, 0.2) is 0 Å². The van der Waals surface area contributed by atoms with E-state index >= 15 is 0 Å². The fourth-order valence-electron chi connectivity index (χ4n) is 1.38. The van der Waals surface area contributed by atoms with Crippen LogP contribution in [0.15, 0.2) is 0 Å². The van der Waals surface area contributed by atoms with E-state index in [4.69, 9.17) is 11.7 Å². The third-order valence-corrected chi connectivity index (χ3v) is 2.91. The molecule has 0 aromatic carbocycles. The Morgan fingerprint density at radius 1 is 1.53 bits per heavy atom. The second-order valence-corrected chi connectivity index (χ2v) is 5.08.